The number of nitrogens with zero attached hydrogens (tertiary/aromatic N) is 1. The van der Waals surface area contributed by atoms with Crippen molar-refractivity contribution in [3.8, 4) is 0 Å². The van der Waals surface area contributed by atoms with Crippen molar-refractivity contribution in [2.45, 2.75) is 52.1 Å². The second kappa shape index (κ2) is 6.84. The van der Waals surface area contributed by atoms with Gasteiger partial charge in [-0.2, -0.15) is 0 Å². The van der Waals surface area contributed by atoms with Crippen LogP contribution in [0.15, 0.2) is 12.3 Å². The minimum absolute atomic E-state index is 0.00699. The van der Waals surface area contributed by atoms with Gasteiger partial charge in [0.25, 0.3) is 0 Å². The highest BCUT2D eigenvalue weighted by Gasteiger charge is 2.31. The van der Waals surface area contributed by atoms with E-state index in [4.69, 9.17) is 10.5 Å². The maximum Gasteiger partial charge on any atom is 0.195 e. The van der Waals surface area contributed by atoms with Gasteiger partial charge in [-0.1, -0.05) is 19.3 Å². The molecule has 4 nitrogen and oxygen atoms in total. The Kier molecular flexibility index (Phi) is 5.12. The van der Waals surface area contributed by atoms with E-state index in [1.807, 2.05) is 19.9 Å². The highest BCUT2D eigenvalue weighted by atomic mass is 16.5. The zero-order valence-electron chi connectivity index (χ0n) is 12.4. The first-order chi connectivity index (χ1) is 9.63. The molecule has 0 amide bonds. The normalized spacial score (nSPS) is 17.9. The van der Waals surface area contributed by atoms with Crippen LogP contribution in [0.4, 0.5) is 5.82 Å². The summed E-state index contributed by atoms with van der Waals surface area (Å²) < 4.78 is 5.76. The smallest absolute Gasteiger partial charge is 0.195 e. The molecule has 1 saturated carbocycles. The van der Waals surface area contributed by atoms with E-state index in [0.717, 1.165) is 18.4 Å². The number of carbonyl (C=O) groups is 1. The van der Waals surface area contributed by atoms with Crippen molar-refractivity contribution in [1.29, 1.82) is 0 Å². The Morgan fingerprint density at radius 1 is 1.45 bits per heavy atom. The van der Waals surface area contributed by atoms with Crippen LogP contribution in [0.3, 0.4) is 0 Å². The molecule has 1 aliphatic rings. The molecule has 1 aliphatic carbocycles. The molecule has 0 saturated heterocycles. The lowest BCUT2D eigenvalue weighted by Gasteiger charge is -2.29. The number of pyridine rings is 1. The highest BCUT2D eigenvalue weighted by Crippen LogP contribution is 2.30. The van der Waals surface area contributed by atoms with Gasteiger partial charge in [-0.25, -0.2) is 4.98 Å². The second-order valence-electron chi connectivity index (χ2n) is 5.58. The quantitative estimate of drug-likeness (QED) is 0.839. The largest absolute Gasteiger partial charge is 0.383 e. The molecule has 2 rings (SSSR count). The Bertz CT molecular complexity index is 468. The molecule has 0 bridgehead atoms. The Balaban J connectivity index is 2.23. The van der Waals surface area contributed by atoms with Gasteiger partial charge < -0.3 is 10.5 Å². The number of carbonyl (C=O) groups excluding carboxylic acids is 1. The number of aromatic nitrogens is 1. The molecule has 110 valence electrons. The second-order valence-corrected chi connectivity index (χ2v) is 5.58. The summed E-state index contributed by atoms with van der Waals surface area (Å²) in [5.74, 6) is 0.615. The summed E-state index contributed by atoms with van der Waals surface area (Å²) in [5, 5.41) is 0. The summed E-state index contributed by atoms with van der Waals surface area (Å²) in [4.78, 5) is 16.9. The summed E-state index contributed by atoms with van der Waals surface area (Å²) in [6.45, 7) is 4.40. The van der Waals surface area contributed by atoms with E-state index in [9.17, 15) is 4.79 Å². The number of nitrogens with two attached hydrogens (primary N) is 1. The molecule has 2 N–H and O–H groups in total. The lowest BCUT2D eigenvalue weighted by molar-refractivity contribution is 0.0127. The number of Topliss-reactive ketones (excluding diaryl/α,β-unsaturated/α-hetero) is 1. The van der Waals surface area contributed by atoms with E-state index < -0.39 is 0 Å². The van der Waals surface area contributed by atoms with E-state index in [-0.39, 0.29) is 11.9 Å². The zero-order chi connectivity index (χ0) is 14.5. The maximum atomic E-state index is 12.8. The topological polar surface area (TPSA) is 65.2 Å². The lowest BCUT2D eigenvalue weighted by Crippen LogP contribution is -2.34. The molecule has 1 atom stereocenters. The van der Waals surface area contributed by atoms with Crippen molar-refractivity contribution >= 4 is 11.6 Å². The standard InChI is InChI=1S/C16H24N2O2/c1-3-20-15(12-7-5-4-6-8-12)14(19)13-9-11(2)10-18-16(13)17/h9-10,12,15H,3-8H2,1-2H3,(H2,17,18). The fourth-order valence-corrected chi connectivity index (χ4v) is 2.97. The van der Waals surface area contributed by atoms with Crippen LogP contribution in [0.25, 0.3) is 0 Å². The molecule has 4 heteroatoms. The average Bonchev–Trinajstić information content (AvgIpc) is 2.47. The van der Waals surface area contributed by atoms with Crippen molar-refractivity contribution in [1.82, 2.24) is 4.98 Å². The van der Waals surface area contributed by atoms with E-state index in [1.54, 1.807) is 6.20 Å². The van der Waals surface area contributed by atoms with Crippen LogP contribution in [0.1, 0.15) is 54.9 Å². The van der Waals surface area contributed by atoms with Gasteiger partial charge in [0.05, 0.1) is 5.56 Å². The Hall–Kier alpha value is -1.42. The average molecular weight is 276 g/mol. The third kappa shape index (κ3) is 3.37. The Morgan fingerprint density at radius 3 is 2.80 bits per heavy atom. The van der Waals surface area contributed by atoms with Gasteiger partial charge in [0.1, 0.15) is 11.9 Å². The molecule has 20 heavy (non-hydrogen) atoms. The number of hydrogen-bond acceptors (Lipinski definition) is 4. The van der Waals surface area contributed by atoms with Gasteiger partial charge in [0.2, 0.25) is 0 Å². The van der Waals surface area contributed by atoms with Crippen molar-refractivity contribution in [2.24, 2.45) is 5.92 Å². The molecular weight excluding hydrogens is 252 g/mol. The van der Waals surface area contributed by atoms with E-state index in [1.165, 1.54) is 19.3 Å². The predicted octanol–water partition coefficient (Wildman–Crippen LogP) is 3.14. The molecule has 1 heterocycles. The summed E-state index contributed by atoms with van der Waals surface area (Å²) in [6, 6.07) is 1.82. The first kappa shape index (κ1) is 15.0. The third-order valence-corrected chi connectivity index (χ3v) is 4.00. The van der Waals surface area contributed by atoms with Gasteiger partial charge in [0, 0.05) is 12.8 Å². The molecule has 1 fully saturated rings. The summed E-state index contributed by atoms with van der Waals surface area (Å²) >= 11 is 0. The fraction of sp³-hybridized carbons (Fsp3) is 0.625. The minimum atomic E-state index is -0.369. The SMILES string of the molecule is CCOC(C(=O)c1cc(C)cnc1N)C1CCCCC1. The van der Waals surface area contributed by atoms with Gasteiger partial charge in [-0.3, -0.25) is 4.79 Å². The van der Waals surface area contributed by atoms with Crippen LogP contribution in [0.2, 0.25) is 0 Å². The van der Waals surface area contributed by atoms with Gasteiger partial charge >= 0.3 is 0 Å². The van der Waals surface area contributed by atoms with E-state index in [2.05, 4.69) is 4.98 Å². The third-order valence-electron chi connectivity index (χ3n) is 4.00. The van der Waals surface area contributed by atoms with Crippen molar-refractivity contribution < 1.29 is 9.53 Å². The van der Waals surface area contributed by atoms with Crippen LogP contribution in [-0.4, -0.2) is 23.5 Å². The fourth-order valence-electron chi connectivity index (χ4n) is 2.97. The van der Waals surface area contributed by atoms with Crippen LogP contribution < -0.4 is 5.73 Å². The molecule has 1 aromatic rings. The van der Waals surface area contributed by atoms with Gasteiger partial charge in [-0.05, 0) is 44.2 Å². The molecular formula is C16H24N2O2. The van der Waals surface area contributed by atoms with Crippen LogP contribution in [0, 0.1) is 12.8 Å². The predicted molar refractivity (Wildman–Crippen MR) is 79.7 cm³/mol. The monoisotopic (exact) mass is 276 g/mol. The highest BCUT2D eigenvalue weighted by molar-refractivity contribution is 6.03. The summed E-state index contributed by atoms with van der Waals surface area (Å²) in [5.41, 5.74) is 7.32. The number of rotatable bonds is 5. The van der Waals surface area contributed by atoms with Gasteiger partial charge in [-0.15, -0.1) is 0 Å². The molecule has 0 aliphatic heterocycles. The van der Waals surface area contributed by atoms with Gasteiger partial charge in [0.15, 0.2) is 5.78 Å². The first-order valence-electron chi connectivity index (χ1n) is 7.51. The zero-order valence-corrected chi connectivity index (χ0v) is 12.4. The molecule has 0 spiro atoms. The number of aryl methyl sites for hydroxylation is 1. The van der Waals surface area contributed by atoms with E-state index in [0.29, 0.717) is 23.9 Å². The number of ketones is 1. The summed E-state index contributed by atoms with van der Waals surface area (Å²) in [7, 11) is 0. The number of nitrogen functional groups attached to an aromatic ring is 1. The van der Waals surface area contributed by atoms with E-state index >= 15 is 0 Å². The number of anilines is 1. The Labute approximate surface area is 120 Å². The minimum Gasteiger partial charge on any atom is -0.383 e. The summed E-state index contributed by atoms with van der Waals surface area (Å²) in [6.07, 6.45) is 7.07. The van der Waals surface area contributed by atoms with Crippen molar-refractivity contribution in [2.75, 3.05) is 12.3 Å². The molecule has 1 unspecified atom stereocenters. The first-order valence-corrected chi connectivity index (χ1v) is 7.51. The van der Waals surface area contributed by atoms with Crippen LogP contribution >= 0.6 is 0 Å². The van der Waals surface area contributed by atoms with Crippen molar-refractivity contribution in [3.05, 3.63) is 23.4 Å². The number of ether oxygens (including phenoxy) is 1. The van der Waals surface area contributed by atoms with Crippen LogP contribution in [0.5, 0.6) is 0 Å². The Morgan fingerprint density at radius 2 is 2.15 bits per heavy atom. The number of hydrogen-bond donors (Lipinski definition) is 1. The molecule has 0 aromatic carbocycles. The van der Waals surface area contributed by atoms with Crippen LogP contribution in [-0.2, 0) is 4.74 Å². The lowest BCUT2D eigenvalue weighted by atomic mass is 9.82. The maximum absolute atomic E-state index is 12.8. The van der Waals surface area contributed by atoms with Crippen molar-refractivity contribution in [3.63, 3.8) is 0 Å². The molecule has 0 radical (unpaired) electrons. The molecule has 1 aromatic heterocycles.